The Labute approximate surface area is 116 Å². The van der Waals surface area contributed by atoms with E-state index in [9.17, 15) is 9.36 Å². The van der Waals surface area contributed by atoms with Crippen LogP contribution in [0.5, 0.6) is 5.75 Å². The Balaban J connectivity index is 2.47. The number of benzene rings is 1. The number of phosphoric ester groups is 1. The van der Waals surface area contributed by atoms with Crippen molar-refractivity contribution in [2.75, 3.05) is 13.2 Å². The molecule has 0 aliphatic carbocycles. The van der Waals surface area contributed by atoms with Gasteiger partial charge in [-0.1, -0.05) is 12.1 Å². The quantitative estimate of drug-likeness (QED) is 0.829. The minimum Gasteiger partial charge on any atom is -0.403 e. The van der Waals surface area contributed by atoms with Crippen molar-refractivity contribution in [3.8, 4) is 5.75 Å². The van der Waals surface area contributed by atoms with E-state index in [1.165, 1.54) is 6.07 Å². The molecule has 1 aromatic carbocycles. The van der Waals surface area contributed by atoms with E-state index in [1.807, 2.05) is 0 Å². The van der Waals surface area contributed by atoms with E-state index in [-0.39, 0.29) is 24.5 Å². The van der Waals surface area contributed by atoms with Gasteiger partial charge < -0.3 is 9.51 Å². The third-order valence-corrected chi connectivity index (χ3v) is 4.07. The first-order valence-electron chi connectivity index (χ1n) is 6.28. The van der Waals surface area contributed by atoms with Crippen molar-refractivity contribution in [3.63, 3.8) is 0 Å². The Morgan fingerprint density at radius 3 is 2.45 bits per heavy atom. The van der Waals surface area contributed by atoms with E-state index in [1.54, 1.807) is 38.1 Å². The first kappa shape index (κ1) is 14.8. The van der Waals surface area contributed by atoms with Crippen LogP contribution >= 0.6 is 7.82 Å². The van der Waals surface area contributed by atoms with Gasteiger partial charge in [-0.05, 0) is 26.0 Å². The molecule has 1 heterocycles. The van der Waals surface area contributed by atoms with Crippen LogP contribution in [-0.4, -0.2) is 18.2 Å². The van der Waals surface area contributed by atoms with Crippen LogP contribution in [0.1, 0.15) is 13.8 Å². The van der Waals surface area contributed by atoms with Gasteiger partial charge in [-0.3, -0.25) is 13.8 Å². The molecule has 7 heteroatoms. The molecule has 0 atom stereocenters. The minimum atomic E-state index is -3.72. The van der Waals surface area contributed by atoms with Crippen LogP contribution in [0, 0.1) is 0 Å². The zero-order valence-corrected chi connectivity index (χ0v) is 12.2. The van der Waals surface area contributed by atoms with Crippen molar-refractivity contribution >= 4 is 18.7 Å². The Bertz CT molecular complexity index is 686. The number of hydrogen-bond donors (Lipinski definition) is 1. The molecule has 0 saturated carbocycles. The van der Waals surface area contributed by atoms with Gasteiger partial charge in [0.15, 0.2) is 0 Å². The summed E-state index contributed by atoms with van der Waals surface area (Å²) in [5.74, 6) is 0.176. The number of aromatic nitrogens is 1. The van der Waals surface area contributed by atoms with Gasteiger partial charge in [-0.2, -0.15) is 0 Å². The van der Waals surface area contributed by atoms with Crippen molar-refractivity contribution in [3.05, 3.63) is 40.7 Å². The summed E-state index contributed by atoms with van der Waals surface area (Å²) in [6, 6.07) is 8.29. The molecule has 1 aromatic heterocycles. The van der Waals surface area contributed by atoms with Crippen LogP contribution in [-0.2, 0) is 13.6 Å². The highest BCUT2D eigenvalue weighted by atomic mass is 31.2. The first-order valence-corrected chi connectivity index (χ1v) is 7.75. The molecule has 2 aromatic rings. The highest BCUT2D eigenvalue weighted by Crippen LogP contribution is 2.50. The van der Waals surface area contributed by atoms with E-state index < -0.39 is 7.82 Å². The Hall–Kier alpha value is -1.62. The summed E-state index contributed by atoms with van der Waals surface area (Å²) in [6.45, 7) is 3.73. The number of nitrogens with one attached hydrogen (secondary N) is 1. The van der Waals surface area contributed by atoms with Gasteiger partial charge in [-0.25, -0.2) is 4.57 Å². The van der Waals surface area contributed by atoms with Crippen LogP contribution in [0.3, 0.4) is 0 Å². The van der Waals surface area contributed by atoms with E-state index in [2.05, 4.69) is 4.98 Å². The smallest absolute Gasteiger partial charge is 0.403 e. The summed E-state index contributed by atoms with van der Waals surface area (Å²) in [4.78, 5) is 14.3. The number of hydrogen-bond acceptors (Lipinski definition) is 5. The van der Waals surface area contributed by atoms with Crippen molar-refractivity contribution in [1.29, 1.82) is 0 Å². The molecular weight excluding hydrogens is 281 g/mol. The lowest BCUT2D eigenvalue weighted by Gasteiger charge is -2.17. The maximum Gasteiger partial charge on any atom is 0.530 e. The number of phosphoric acid groups is 1. The normalized spacial score (nSPS) is 11.7. The second-order valence-electron chi connectivity index (χ2n) is 3.92. The van der Waals surface area contributed by atoms with Crippen molar-refractivity contribution in [2.45, 2.75) is 13.8 Å². The number of para-hydroxylation sites is 1. The van der Waals surface area contributed by atoms with Crippen LogP contribution in [0.25, 0.3) is 10.9 Å². The Morgan fingerprint density at radius 2 is 1.80 bits per heavy atom. The first-order chi connectivity index (χ1) is 9.58. The zero-order chi connectivity index (χ0) is 14.6. The lowest BCUT2D eigenvalue weighted by Crippen LogP contribution is -2.08. The van der Waals surface area contributed by atoms with Gasteiger partial charge in [0.2, 0.25) is 0 Å². The van der Waals surface area contributed by atoms with Gasteiger partial charge in [0.25, 0.3) is 5.56 Å². The third-order valence-electron chi connectivity index (χ3n) is 2.50. The molecule has 0 spiro atoms. The lowest BCUT2D eigenvalue weighted by molar-refractivity contribution is 0.168. The largest absolute Gasteiger partial charge is 0.530 e. The number of fused-ring (bicyclic) bond motifs is 1. The Kier molecular flexibility index (Phi) is 4.60. The minimum absolute atomic E-state index is 0.176. The molecule has 0 bridgehead atoms. The SMILES string of the molecule is CCOP(=O)(OCC)Oc1cc(=O)[nH]c2ccccc12. The molecule has 20 heavy (non-hydrogen) atoms. The summed E-state index contributed by atoms with van der Waals surface area (Å²) >= 11 is 0. The van der Waals surface area contributed by atoms with Crippen molar-refractivity contribution in [2.24, 2.45) is 0 Å². The molecule has 0 fully saturated rings. The summed E-state index contributed by atoms with van der Waals surface area (Å²) in [6.07, 6.45) is 0. The molecule has 0 aliphatic rings. The maximum absolute atomic E-state index is 12.4. The summed E-state index contributed by atoms with van der Waals surface area (Å²) in [5.41, 5.74) is 0.243. The fourth-order valence-corrected chi connectivity index (χ4v) is 2.98. The van der Waals surface area contributed by atoms with Gasteiger partial charge in [-0.15, -0.1) is 0 Å². The van der Waals surface area contributed by atoms with Crippen molar-refractivity contribution in [1.82, 2.24) is 4.98 Å². The highest BCUT2D eigenvalue weighted by molar-refractivity contribution is 7.48. The molecule has 0 saturated heterocycles. The predicted octanol–water partition coefficient (Wildman–Crippen LogP) is 3.09. The molecule has 1 N–H and O–H groups in total. The number of rotatable bonds is 6. The van der Waals surface area contributed by atoms with Gasteiger partial charge >= 0.3 is 7.82 Å². The summed E-state index contributed by atoms with van der Waals surface area (Å²) in [7, 11) is -3.72. The molecule has 0 radical (unpaired) electrons. The molecule has 0 amide bonds. The van der Waals surface area contributed by atoms with Crippen molar-refractivity contribution < 1.29 is 18.1 Å². The van der Waals surface area contributed by atoms with Crippen LogP contribution in [0.15, 0.2) is 35.1 Å². The topological polar surface area (TPSA) is 77.6 Å². The van der Waals surface area contributed by atoms with Crippen LogP contribution in [0.2, 0.25) is 0 Å². The zero-order valence-electron chi connectivity index (χ0n) is 11.3. The van der Waals surface area contributed by atoms with E-state index in [0.717, 1.165) is 0 Å². The number of aromatic amines is 1. The summed E-state index contributed by atoms with van der Waals surface area (Å²) < 4.78 is 27.8. The molecular formula is C13H16NO5P. The number of pyridine rings is 1. The van der Waals surface area contributed by atoms with Crippen LogP contribution in [0.4, 0.5) is 0 Å². The molecule has 2 rings (SSSR count). The van der Waals surface area contributed by atoms with Gasteiger partial charge in [0.05, 0.1) is 18.7 Å². The van der Waals surface area contributed by atoms with E-state index in [0.29, 0.717) is 10.9 Å². The fraction of sp³-hybridized carbons (Fsp3) is 0.308. The van der Waals surface area contributed by atoms with Crippen LogP contribution < -0.4 is 10.1 Å². The third kappa shape index (κ3) is 3.28. The fourth-order valence-electron chi connectivity index (χ4n) is 1.77. The predicted molar refractivity (Wildman–Crippen MR) is 76.1 cm³/mol. The van der Waals surface area contributed by atoms with Gasteiger partial charge in [0.1, 0.15) is 5.75 Å². The average Bonchev–Trinajstić information content (AvgIpc) is 2.38. The lowest BCUT2D eigenvalue weighted by atomic mass is 10.2. The highest BCUT2D eigenvalue weighted by Gasteiger charge is 2.28. The molecule has 0 aliphatic heterocycles. The number of H-pyrrole nitrogens is 1. The second kappa shape index (κ2) is 6.22. The van der Waals surface area contributed by atoms with E-state index in [4.69, 9.17) is 13.6 Å². The molecule has 6 nitrogen and oxygen atoms in total. The maximum atomic E-state index is 12.4. The Morgan fingerprint density at radius 1 is 1.15 bits per heavy atom. The standard InChI is InChI=1S/C13H16NO5P/c1-3-17-20(16,18-4-2)19-12-9-13(15)14-11-8-6-5-7-10(11)12/h5-9H,3-4H2,1-2H3,(H,14,15). The average molecular weight is 297 g/mol. The van der Waals surface area contributed by atoms with Gasteiger partial charge in [0, 0.05) is 11.5 Å². The summed E-state index contributed by atoms with van der Waals surface area (Å²) in [5, 5.41) is 0.631. The van der Waals surface area contributed by atoms with E-state index >= 15 is 0 Å². The second-order valence-corrected chi connectivity index (χ2v) is 5.51. The monoisotopic (exact) mass is 297 g/mol. The molecule has 108 valence electrons. The molecule has 0 unspecified atom stereocenters.